The molecule has 0 radical (unpaired) electrons. The van der Waals surface area contributed by atoms with E-state index in [9.17, 15) is 9.90 Å². The zero-order valence-corrected chi connectivity index (χ0v) is 16.0. The van der Waals surface area contributed by atoms with Crippen molar-refractivity contribution in [3.63, 3.8) is 0 Å². The van der Waals surface area contributed by atoms with Gasteiger partial charge in [-0.05, 0) is 55.6 Å². The molecule has 2 aromatic carbocycles. The number of H-pyrrole nitrogens is 1. The third-order valence-electron chi connectivity index (χ3n) is 5.00. The summed E-state index contributed by atoms with van der Waals surface area (Å²) in [6.07, 6.45) is 4.25. The number of hydrogen-bond acceptors (Lipinski definition) is 3. The van der Waals surface area contributed by atoms with Gasteiger partial charge in [-0.1, -0.05) is 29.8 Å². The van der Waals surface area contributed by atoms with Gasteiger partial charge in [0.05, 0.1) is 27.3 Å². The summed E-state index contributed by atoms with van der Waals surface area (Å²) in [6, 6.07) is 13.2. The van der Waals surface area contributed by atoms with Gasteiger partial charge in [0.1, 0.15) is 0 Å². The molecule has 2 heterocycles. The van der Waals surface area contributed by atoms with Gasteiger partial charge in [-0.2, -0.15) is 0 Å². The van der Waals surface area contributed by atoms with Gasteiger partial charge in [-0.3, -0.25) is 4.98 Å². The Bertz CT molecular complexity index is 1180. The van der Waals surface area contributed by atoms with Gasteiger partial charge in [0.15, 0.2) is 0 Å². The zero-order chi connectivity index (χ0) is 19.7. The number of hydrogen-bond donors (Lipinski definition) is 3. The summed E-state index contributed by atoms with van der Waals surface area (Å²) < 4.78 is 0. The van der Waals surface area contributed by atoms with Crippen LogP contribution in [0.5, 0.6) is 0 Å². The molecule has 0 spiro atoms. The van der Waals surface area contributed by atoms with Crippen molar-refractivity contribution in [2.24, 2.45) is 5.73 Å². The van der Waals surface area contributed by atoms with Gasteiger partial charge >= 0.3 is 5.97 Å². The van der Waals surface area contributed by atoms with Crippen molar-refractivity contribution in [1.82, 2.24) is 9.97 Å². The molecule has 0 amide bonds. The van der Waals surface area contributed by atoms with Crippen LogP contribution in [0.1, 0.15) is 28.8 Å². The topological polar surface area (TPSA) is 92.0 Å². The molecule has 28 heavy (non-hydrogen) atoms. The number of aromatic amines is 1. The van der Waals surface area contributed by atoms with Gasteiger partial charge in [0.25, 0.3) is 0 Å². The second kappa shape index (κ2) is 7.62. The number of fused-ring (bicyclic) bond motifs is 2. The molecular formula is C22H20ClN3O2. The van der Waals surface area contributed by atoms with Crippen molar-refractivity contribution >= 4 is 39.4 Å². The molecule has 0 aliphatic rings. The lowest BCUT2D eigenvalue weighted by Gasteiger charge is -2.07. The molecule has 6 heteroatoms. The molecule has 0 saturated heterocycles. The van der Waals surface area contributed by atoms with Crippen molar-refractivity contribution < 1.29 is 9.90 Å². The highest BCUT2D eigenvalue weighted by Crippen LogP contribution is 2.37. The minimum atomic E-state index is -0.969. The van der Waals surface area contributed by atoms with E-state index in [0.29, 0.717) is 28.9 Å². The number of nitrogens with zero attached hydrogens (tertiary/aromatic N) is 1. The Labute approximate surface area is 167 Å². The first-order valence-corrected chi connectivity index (χ1v) is 9.59. The molecular weight excluding hydrogens is 374 g/mol. The van der Waals surface area contributed by atoms with Crippen molar-refractivity contribution in [1.29, 1.82) is 0 Å². The maximum absolute atomic E-state index is 11.8. The summed E-state index contributed by atoms with van der Waals surface area (Å²) in [4.78, 5) is 19.8. The maximum Gasteiger partial charge on any atom is 0.336 e. The third-order valence-corrected chi connectivity index (χ3v) is 5.31. The Morgan fingerprint density at radius 3 is 2.79 bits per heavy atom. The van der Waals surface area contributed by atoms with Crippen molar-refractivity contribution in [2.75, 3.05) is 6.54 Å². The summed E-state index contributed by atoms with van der Waals surface area (Å²) in [5, 5.41) is 11.9. The standard InChI is InChI=1S/C22H20ClN3O2/c23-17-9-8-16(22(27)28)19-15(6-3-4-10-24)20(26-21(17)19)14-11-13-5-1-2-7-18(13)25-12-14/h1-2,5,7-9,11-12,26H,3-4,6,10,24H2,(H,27,28). The molecule has 0 aliphatic carbocycles. The molecule has 5 nitrogen and oxygen atoms in total. The normalized spacial score (nSPS) is 11.4. The molecule has 4 rings (SSSR count). The van der Waals surface area contributed by atoms with E-state index in [4.69, 9.17) is 17.3 Å². The van der Waals surface area contributed by atoms with Crippen LogP contribution in [0.2, 0.25) is 5.02 Å². The molecule has 4 aromatic rings. The van der Waals surface area contributed by atoms with Gasteiger partial charge in [0.2, 0.25) is 0 Å². The lowest BCUT2D eigenvalue weighted by Crippen LogP contribution is -2.01. The van der Waals surface area contributed by atoms with Crippen molar-refractivity contribution in [3.05, 3.63) is 64.8 Å². The predicted octanol–water partition coefficient (Wildman–Crippen LogP) is 5.02. The largest absolute Gasteiger partial charge is 0.478 e. The number of rotatable bonds is 6. The van der Waals surface area contributed by atoms with Crippen LogP contribution < -0.4 is 5.73 Å². The van der Waals surface area contributed by atoms with Crippen molar-refractivity contribution in [2.45, 2.75) is 19.3 Å². The monoisotopic (exact) mass is 393 g/mol. The average Bonchev–Trinajstić information content (AvgIpc) is 3.08. The number of carbonyl (C=O) groups is 1. The molecule has 0 bridgehead atoms. The number of unbranched alkanes of at least 4 members (excludes halogenated alkanes) is 1. The number of para-hydroxylation sites is 1. The van der Waals surface area contributed by atoms with Crippen LogP contribution >= 0.6 is 11.6 Å². The van der Waals surface area contributed by atoms with Crippen LogP contribution in [-0.2, 0) is 6.42 Å². The minimum Gasteiger partial charge on any atom is -0.478 e. The van der Waals surface area contributed by atoms with E-state index >= 15 is 0 Å². The first kappa shape index (κ1) is 18.5. The van der Waals surface area contributed by atoms with Gasteiger partial charge in [-0.15, -0.1) is 0 Å². The zero-order valence-electron chi connectivity index (χ0n) is 15.2. The Balaban J connectivity index is 1.97. The van der Waals surface area contributed by atoms with Gasteiger partial charge in [-0.25, -0.2) is 4.79 Å². The van der Waals surface area contributed by atoms with E-state index in [0.717, 1.165) is 40.6 Å². The summed E-state index contributed by atoms with van der Waals surface area (Å²) in [7, 11) is 0. The number of carboxylic acids is 1. The van der Waals surface area contributed by atoms with Crippen LogP contribution in [0, 0.1) is 0 Å². The number of aromatic nitrogens is 2. The minimum absolute atomic E-state index is 0.249. The number of pyridine rings is 1. The average molecular weight is 394 g/mol. The highest BCUT2D eigenvalue weighted by molar-refractivity contribution is 6.36. The highest BCUT2D eigenvalue weighted by atomic mass is 35.5. The number of halogens is 1. The number of carboxylic acid groups (broad SMARTS) is 1. The molecule has 4 N–H and O–H groups in total. The third kappa shape index (κ3) is 3.23. The summed E-state index contributed by atoms with van der Waals surface area (Å²) in [5.41, 5.74) is 10.2. The molecule has 0 fully saturated rings. The molecule has 0 unspecified atom stereocenters. The van der Waals surface area contributed by atoms with Gasteiger partial charge < -0.3 is 15.8 Å². The molecule has 142 valence electrons. The van der Waals surface area contributed by atoms with E-state index in [1.54, 1.807) is 12.1 Å². The molecule has 0 saturated carbocycles. The van der Waals surface area contributed by atoms with Crippen LogP contribution in [0.25, 0.3) is 33.1 Å². The SMILES string of the molecule is NCCCCc1c(-c2cnc3ccccc3c2)[nH]c2c(Cl)ccc(C(=O)O)c12. The fraction of sp³-hybridized carbons (Fsp3) is 0.182. The summed E-state index contributed by atoms with van der Waals surface area (Å²) in [5.74, 6) is -0.969. The van der Waals surface area contributed by atoms with Crippen LogP contribution in [-0.4, -0.2) is 27.6 Å². The Morgan fingerprint density at radius 2 is 2.00 bits per heavy atom. The van der Waals surface area contributed by atoms with E-state index < -0.39 is 5.97 Å². The molecule has 0 atom stereocenters. The number of nitrogens with one attached hydrogen (secondary N) is 1. The van der Waals surface area contributed by atoms with Crippen molar-refractivity contribution in [3.8, 4) is 11.3 Å². The Morgan fingerprint density at radius 1 is 1.18 bits per heavy atom. The number of nitrogens with two attached hydrogens (primary N) is 1. The lowest BCUT2D eigenvalue weighted by molar-refractivity contribution is 0.0699. The molecule has 0 aliphatic heterocycles. The van der Waals surface area contributed by atoms with Gasteiger partial charge in [0, 0.05) is 22.5 Å². The van der Waals surface area contributed by atoms with E-state index in [2.05, 4.69) is 16.0 Å². The fourth-order valence-corrected chi connectivity index (χ4v) is 3.87. The Kier molecular flexibility index (Phi) is 5.03. The second-order valence-corrected chi connectivity index (χ2v) is 7.20. The quantitative estimate of drug-likeness (QED) is 0.401. The molecule has 2 aromatic heterocycles. The number of aromatic carboxylic acids is 1. The first-order chi connectivity index (χ1) is 13.6. The smallest absolute Gasteiger partial charge is 0.336 e. The van der Waals surface area contributed by atoms with E-state index in [-0.39, 0.29) is 5.56 Å². The predicted molar refractivity (Wildman–Crippen MR) is 113 cm³/mol. The first-order valence-electron chi connectivity index (χ1n) is 9.21. The summed E-state index contributed by atoms with van der Waals surface area (Å²) in [6.45, 7) is 0.599. The van der Waals surface area contributed by atoms with Crippen LogP contribution in [0.3, 0.4) is 0 Å². The van der Waals surface area contributed by atoms with E-state index in [1.165, 1.54) is 0 Å². The van der Waals surface area contributed by atoms with Crippen LogP contribution in [0.4, 0.5) is 0 Å². The highest BCUT2D eigenvalue weighted by Gasteiger charge is 2.21. The van der Waals surface area contributed by atoms with E-state index in [1.807, 2.05) is 30.5 Å². The number of benzene rings is 2. The summed E-state index contributed by atoms with van der Waals surface area (Å²) >= 11 is 6.40. The fourth-order valence-electron chi connectivity index (χ4n) is 3.67. The second-order valence-electron chi connectivity index (χ2n) is 6.79. The maximum atomic E-state index is 11.8. The Hall–Kier alpha value is -2.89. The number of aryl methyl sites for hydroxylation is 1. The van der Waals surface area contributed by atoms with Crippen LogP contribution in [0.15, 0.2) is 48.7 Å². The lowest BCUT2D eigenvalue weighted by atomic mass is 9.97.